The van der Waals surface area contributed by atoms with E-state index in [9.17, 15) is 14.0 Å². The van der Waals surface area contributed by atoms with E-state index in [-0.39, 0.29) is 23.8 Å². The highest BCUT2D eigenvalue weighted by Crippen LogP contribution is 2.18. The summed E-state index contributed by atoms with van der Waals surface area (Å²) < 4.78 is 13.6. The fourth-order valence-electron chi connectivity index (χ4n) is 1.46. The molecule has 0 unspecified atom stereocenters. The molecule has 0 saturated heterocycles. The third kappa shape index (κ3) is 3.99. The number of hydrogen-bond donors (Lipinski definition) is 2. The van der Waals surface area contributed by atoms with E-state index in [4.69, 9.17) is 5.73 Å². The molecule has 0 aromatic heterocycles. The lowest BCUT2D eigenvalue weighted by Gasteiger charge is -2.20. The monoisotopic (exact) mass is 283 g/mol. The first-order chi connectivity index (χ1) is 8.97. The van der Waals surface area contributed by atoms with Crippen LogP contribution in [0.4, 0.5) is 10.1 Å². The molecule has 3 N–H and O–H groups in total. The quantitative estimate of drug-likeness (QED) is 0.626. The molecule has 0 aliphatic heterocycles. The van der Waals surface area contributed by atoms with Crippen LogP contribution in [0.25, 0.3) is 0 Å². The maximum atomic E-state index is 13.6. The van der Waals surface area contributed by atoms with Gasteiger partial charge in [0.15, 0.2) is 0 Å². The minimum Gasteiger partial charge on any atom is -0.392 e. The van der Waals surface area contributed by atoms with Crippen molar-refractivity contribution in [3.63, 3.8) is 0 Å². The van der Waals surface area contributed by atoms with Crippen LogP contribution in [-0.2, 0) is 9.59 Å². The van der Waals surface area contributed by atoms with Crippen molar-refractivity contribution in [3.8, 4) is 0 Å². The van der Waals surface area contributed by atoms with E-state index < -0.39 is 17.6 Å². The van der Waals surface area contributed by atoms with Gasteiger partial charge >= 0.3 is 11.8 Å². The maximum Gasteiger partial charge on any atom is 0.316 e. The van der Waals surface area contributed by atoms with Crippen LogP contribution < -0.4 is 16.0 Å². The lowest BCUT2D eigenvalue weighted by Crippen LogP contribution is -2.45. The topological polar surface area (TPSA) is 75.4 Å². The minimum atomic E-state index is -0.877. The lowest BCUT2D eigenvalue weighted by atomic mass is 10.2. The fourth-order valence-corrected chi connectivity index (χ4v) is 1.53. The highest BCUT2D eigenvalue weighted by Gasteiger charge is 2.23. The molecule has 0 heterocycles. The molecular weight excluding hydrogens is 269 g/mol. The predicted octanol–water partition coefficient (Wildman–Crippen LogP) is 0.581. The van der Waals surface area contributed by atoms with E-state index in [1.165, 1.54) is 18.2 Å². The number of carbonyl (C=O) groups is 2. The number of anilines is 1. The van der Waals surface area contributed by atoms with E-state index in [2.05, 4.69) is 17.5 Å². The number of nitrogens with two attached hydrogens (primary N) is 1. The first-order valence-electron chi connectivity index (χ1n) is 5.60. The average molecular weight is 283 g/mol. The maximum absolute atomic E-state index is 13.6. The molecule has 0 atom stereocenters. The second-order valence-corrected chi connectivity index (χ2v) is 4.17. The van der Waals surface area contributed by atoms with Crippen molar-refractivity contribution in [1.29, 1.82) is 0 Å². The summed E-state index contributed by atoms with van der Waals surface area (Å²) in [4.78, 5) is 24.6. The summed E-state index contributed by atoms with van der Waals surface area (Å²) in [5.41, 5.74) is 5.27. The molecule has 19 heavy (non-hydrogen) atoms. The second-order valence-electron chi connectivity index (χ2n) is 3.65. The van der Waals surface area contributed by atoms with Crippen LogP contribution in [0.5, 0.6) is 0 Å². The summed E-state index contributed by atoms with van der Waals surface area (Å²) in [6.07, 6.45) is 0. The summed E-state index contributed by atoms with van der Waals surface area (Å²) in [5.74, 6) is -2.30. The third-order valence-electron chi connectivity index (χ3n) is 2.32. The van der Waals surface area contributed by atoms with Crippen molar-refractivity contribution in [2.45, 2.75) is 6.92 Å². The van der Waals surface area contributed by atoms with E-state index in [1.807, 2.05) is 0 Å². The molecule has 0 radical (unpaired) electrons. The van der Waals surface area contributed by atoms with Gasteiger partial charge in [0, 0.05) is 6.54 Å². The van der Waals surface area contributed by atoms with E-state index >= 15 is 0 Å². The van der Waals surface area contributed by atoms with Crippen molar-refractivity contribution in [1.82, 2.24) is 5.32 Å². The molecule has 102 valence electrons. The summed E-state index contributed by atoms with van der Waals surface area (Å²) in [7, 11) is 0. The molecule has 0 bridgehead atoms. The molecule has 0 aliphatic rings. The number of carbonyl (C=O) groups excluding carboxylic acids is 2. The van der Waals surface area contributed by atoms with Gasteiger partial charge in [-0.1, -0.05) is 24.4 Å². The molecule has 0 aliphatic carbocycles. The van der Waals surface area contributed by atoms with Gasteiger partial charge in [-0.3, -0.25) is 9.59 Å². The summed E-state index contributed by atoms with van der Waals surface area (Å²) in [6, 6.07) is 5.74. The Morgan fingerprint density at radius 3 is 2.58 bits per heavy atom. The Labute approximate surface area is 115 Å². The number of para-hydroxylation sites is 1. The van der Waals surface area contributed by atoms with Crippen LogP contribution in [0.3, 0.4) is 0 Å². The molecule has 0 saturated carbocycles. The predicted molar refractivity (Wildman–Crippen MR) is 74.2 cm³/mol. The standard InChI is InChI=1S/C12H14FN3O2S/c1-2-16(9-6-4-3-5-8(9)13)12(18)11(17)15-7-10(14)19/h3-6H,2,7H2,1H3,(H2,14,19)(H,15,17). The smallest absolute Gasteiger partial charge is 0.316 e. The molecule has 7 heteroatoms. The molecular formula is C12H14FN3O2S. The molecule has 0 spiro atoms. The zero-order valence-electron chi connectivity index (χ0n) is 10.4. The van der Waals surface area contributed by atoms with Gasteiger partial charge < -0.3 is 16.0 Å². The Kier molecular flexibility index (Phi) is 5.37. The summed E-state index contributed by atoms with van der Waals surface area (Å²) in [5, 5.41) is 2.27. The number of amides is 2. The van der Waals surface area contributed by atoms with Gasteiger partial charge in [-0.2, -0.15) is 0 Å². The highest BCUT2D eigenvalue weighted by molar-refractivity contribution is 7.80. The number of hydrogen-bond acceptors (Lipinski definition) is 3. The van der Waals surface area contributed by atoms with Gasteiger partial charge in [0.25, 0.3) is 0 Å². The number of halogens is 1. The van der Waals surface area contributed by atoms with E-state index in [1.54, 1.807) is 13.0 Å². The van der Waals surface area contributed by atoms with Crippen LogP contribution in [0, 0.1) is 5.82 Å². The van der Waals surface area contributed by atoms with Gasteiger partial charge in [-0.25, -0.2) is 4.39 Å². The fraction of sp³-hybridized carbons (Fsp3) is 0.250. The zero-order chi connectivity index (χ0) is 14.4. The number of thiocarbonyl (C=S) groups is 1. The normalized spacial score (nSPS) is 9.79. The van der Waals surface area contributed by atoms with Crippen molar-refractivity contribution in [3.05, 3.63) is 30.1 Å². The second kappa shape index (κ2) is 6.79. The van der Waals surface area contributed by atoms with Gasteiger partial charge in [-0.15, -0.1) is 0 Å². The van der Waals surface area contributed by atoms with Crippen LogP contribution in [-0.4, -0.2) is 29.9 Å². The van der Waals surface area contributed by atoms with Crippen LogP contribution >= 0.6 is 12.2 Å². The number of rotatable bonds is 4. The Balaban J connectivity index is 2.86. The van der Waals surface area contributed by atoms with E-state index in [0.717, 1.165) is 4.90 Å². The first kappa shape index (κ1) is 15.0. The first-order valence-corrected chi connectivity index (χ1v) is 6.00. The van der Waals surface area contributed by atoms with Gasteiger partial charge in [0.2, 0.25) is 0 Å². The summed E-state index contributed by atoms with van der Waals surface area (Å²) in [6.45, 7) is 1.74. The van der Waals surface area contributed by atoms with Gasteiger partial charge in [0.1, 0.15) is 5.82 Å². The zero-order valence-corrected chi connectivity index (χ0v) is 11.2. The Bertz CT molecular complexity index is 508. The Morgan fingerprint density at radius 1 is 1.42 bits per heavy atom. The molecule has 1 aromatic rings. The summed E-state index contributed by atoms with van der Waals surface area (Å²) >= 11 is 4.59. The molecule has 1 aromatic carbocycles. The number of nitrogens with one attached hydrogen (secondary N) is 1. The molecule has 1 rings (SSSR count). The van der Waals surface area contributed by atoms with Crippen LogP contribution in [0.15, 0.2) is 24.3 Å². The average Bonchev–Trinajstić information content (AvgIpc) is 2.38. The van der Waals surface area contributed by atoms with Crippen molar-refractivity contribution >= 4 is 34.7 Å². The highest BCUT2D eigenvalue weighted by atomic mass is 32.1. The molecule has 2 amide bonds. The third-order valence-corrected chi connectivity index (χ3v) is 2.47. The Hall–Kier alpha value is -2.02. The van der Waals surface area contributed by atoms with Crippen LogP contribution in [0.2, 0.25) is 0 Å². The largest absolute Gasteiger partial charge is 0.392 e. The number of nitrogens with zero attached hydrogens (tertiary/aromatic N) is 1. The van der Waals surface area contributed by atoms with Crippen molar-refractivity contribution in [2.24, 2.45) is 5.73 Å². The van der Waals surface area contributed by atoms with Gasteiger partial charge in [0.05, 0.1) is 17.2 Å². The molecule has 5 nitrogen and oxygen atoms in total. The lowest BCUT2D eigenvalue weighted by molar-refractivity contribution is -0.137. The number of benzene rings is 1. The minimum absolute atomic E-state index is 0.0560. The van der Waals surface area contributed by atoms with Crippen molar-refractivity contribution < 1.29 is 14.0 Å². The van der Waals surface area contributed by atoms with Crippen LogP contribution in [0.1, 0.15) is 6.92 Å². The SMILES string of the molecule is CCN(C(=O)C(=O)NCC(N)=S)c1ccccc1F. The number of likely N-dealkylation sites (N-methyl/N-ethyl adjacent to an activating group) is 1. The van der Waals surface area contributed by atoms with E-state index in [0.29, 0.717) is 0 Å². The Morgan fingerprint density at radius 2 is 2.05 bits per heavy atom. The van der Waals surface area contributed by atoms with Crippen molar-refractivity contribution in [2.75, 3.05) is 18.0 Å². The van der Waals surface area contributed by atoms with Gasteiger partial charge in [-0.05, 0) is 19.1 Å². The molecule has 0 fully saturated rings.